The number of carbonyl (C=O) groups is 3. The average Bonchev–Trinajstić information content (AvgIpc) is 2.94. The van der Waals surface area contributed by atoms with Gasteiger partial charge in [0.1, 0.15) is 23.2 Å². The van der Waals surface area contributed by atoms with Gasteiger partial charge in [0, 0.05) is 19.5 Å². The molecule has 8 N–H and O–H groups in total. The molecule has 1 aromatic rings. The quantitative estimate of drug-likeness (QED) is 0.0389. The molecule has 2 amide bonds. The van der Waals surface area contributed by atoms with Gasteiger partial charge in [0.25, 0.3) is 5.91 Å². The predicted molar refractivity (Wildman–Crippen MR) is 159 cm³/mol. The first-order valence-corrected chi connectivity index (χ1v) is 15.3. The first-order valence-electron chi connectivity index (χ1n) is 15.3. The van der Waals surface area contributed by atoms with Crippen LogP contribution < -0.4 is 27.4 Å². The third-order valence-corrected chi connectivity index (χ3v) is 7.20. The van der Waals surface area contributed by atoms with Crippen molar-refractivity contribution < 1.29 is 38.3 Å². The van der Waals surface area contributed by atoms with Crippen LogP contribution in [0.15, 0.2) is 12.1 Å². The summed E-state index contributed by atoms with van der Waals surface area (Å²) < 4.78 is 28.0. The Balaban J connectivity index is 1.89. The number of rotatable bonds is 25. The number of benzene rings is 1. The lowest BCUT2D eigenvalue weighted by molar-refractivity contribution is -0.139. The lowest BCUT2D eigenvalue weighted by Gasteiger charge is -2.10. The molecule has 0 bridgehead atoms. The van der Waals surface area contributed by atoms with Gasteiger partial charge in [-0.2, -0.15) is 0 Å². The van der Waals surface area contributed by atoms with E-state index in [2.05, 4.69) is 16.1 Å². The number of nitrogens with one attached hydrogen (secondary N) is 3. The van der Waals surface area contributed by atoms with E-state index >= 15 is 0 Å². The molecule has 0 unspecified atom stereocenters. The van der Waals surface area contributed by atoms with Crippen molar-refractivity contribution in [2.45, 2.75) is 115 Å². The van der Waals surface area contributed by atoms with Crippen LogP contribution in [0.5, 0.6) is 0 Å². The van der Waals surface area contributed by atoms with Gasteiger partial charge in [-0.3, -0.25) is 20.2 Å². The molecular weight excluding hydrogens is 549 g/mol. The molecule has 0 aromatic heterocycles. The van der Waals surface area contributed by atoms with Gasteiger partial charge in [-0.15, -0.1) is 0 Å². The predicted octanol–water partition coefficient (Wildman–Crippen LogP) is 3.04. The van der Waals surface area contributed by atoms with Crippen molar-refractivity contribution in [1.29, 1.82) is 0 Å². The first kappa shape index (κ1) is 37.4. The van der Waals surface area contributed by atoms with E-state index in [0.29, 0.717) is 38.8 Å². The standard InChI is InChI=1S/C29H49BF2N4O6/c31-23-20-22(30(41)42)21-24(32)27(23)28(38)35-19-14-11-9-7-5-3-1-2-4-6-8-10-12-17-26(37)34-18-15-13-16-25(36-33)29(39)40/h20-21,25,36,41-42H,1-19,33H2,(H,34,37)(H,35,38)(H,39,40)/t25-/m0/s1. The van der Waals surface area contributed by atoms with Crippen molar-refractivity contribution in [2.24, 2.45) is 5.84 Å². The second-order valence-electron chi connectivity index (χ2n) is 10.7. The zero-order chi connectivity index (χ0) is 31.2. The minimum atomic E-state index is -2.01. The number of carboxylic acid groups (broad SMARTS) is 1. The van der Waals surface area contributed by atoms with Crippen molar-refractivity contribution in [3.63, 3.8) is 0 Å². The van der Waals surface area contributed by atoms with E-state index in [1.165, 1.54) is 32.1 Å². The lowest BCUT2D eigenvalue weighted by atomic mass is 9.79. The summed E-state index contributed by atoms with van der Waals surface area (Å²) in [6.45, 7) is 0.867. The second-order valence-corrected chi connectivity index (χ2v) is 10.7. The van der Waals surface area contributed by atoms with Crippen LogP contribution in [0.2, 0.25) is 0 Å². The Morgan fingerprint density at radius 3 is 1.67 bits per heavy atom. The highest BCUT2D eigenvalue weighted by Gasteiger charge is 2.22. The van der Waals surface area contributed by atoms with Gasteiger partial charge in [-0.1, -0.05) is 70.6 Å². The molecule has 1 atom stereocenters. The Labute approximate surface area is 248 Å². The number of amides is 2. The molecule has 0 heterocycles. The van der Waals surface area contributed by atoms with Crippen molar-refractivity contribution in [2.75, 3.05) is 13.1 Å². The highest BCUT2D eigenvalue weighted by Crippen LogP contribution is 2.14. The van der Waals surface area contributed by atoms with Crippen molar-refractivity contribution in [3.05, 3.63) is 29.3 Å². The van der Waals surface area contributed by atoms with Crippen LogP contribution in [0.1, 0.15) is 120 Å². The first-order chi connectivity index (χ1) is 20.2. The number of carbonyl (C=O) groups excluding carboxylic acids is 2. The normalized spacial score (nSPS) is 11.7. The summed E-state index contributed by atoms with van der Waals surface area (Å²) in [6, 6.07) is 0.729. The largest absolute Gasteiger partial charge is 0.488 e. The number of unbranched alkanes of at least 4 members (excludes halogenated alkanes) is 13. The fourth-order valence-corrected chi connectivity index (χ4v) is 4.67. The smallest absolute Gasteiger partial charge is 0.480 e. The van der Waals surface area contributed by atoms with Gasteiger partial charge >= 0.3 is 13.1 Å². The molecular formula is C29H49BF2N4O6. The van der Waals surface area contributed by atoms with Gasteiger partial charge in [-0.05, 0) is 49.7 Å². The molecule has 0 saturated heterocycles. The maximum absolute atomic E-state index is 14.0. The van der Waals surface area contributed by atoms with E-state index in [1.807, 2.05) is 0 Å². The van der Waals surface area contributed by atoms with Crippen molar-refractivity contribution in [3.8, 4) is 0 Å². The van der Waals surface area contributed by atoms with Crippen LogP contribution in [0.25, 0.3) is 0 Å². The van der Waals surface area contributed by atoms with E-state index in [-0.39, 0.29) is 11.4 Å². The third-order valence-electron chi connectivity index (χ3n) is 7.20. The molecule has 0 saturated carbocycles. The second kappa shape index (κ2) is 22.9. The molecule has 0 spiro atoms. The number of nitrogens with two attached hydrogens (primary N) is 1. The summed E-state index contributed by atoms with van der Waals surface area (Å²) >= 11 is 0. The Hall–Kier alpha value is -2.61. The lowest BCUT2D eigenvalue weighted by Crippen LogP contribution is -2.41. The summed E-state index contributed by atoms with van der Waals surface area (Å²) in [4.78, 5) is 34.8. The molecule has 1 aromatic carbocycles. The number of halogens is 2. The van der Waals surface area contributed by atoms with Crippen molar-refractivity contribution >= 4 is 30.4 Å². The fourth-order valence-electron chi connectivity index (χ4n) is 4.67. The topological polar surface area (TPSA) is 174 Å². The van der Waals surface area contributed by atoms with E-state index < -0.39 is 42.2 Å². The average molecular weight is 599 g/mol. The zero-order valence-electron chi connectivity index (χ0n) is 24.6. The van der Waals surface area contributed by atoms with Crippen LogP contribution in [-0.4, -0.2) is 59.2 Å². The summed E-state index contributed by atoms with van der Waals surface area (Å²) in [5.41, 5.74) is 1.19. The van der Waals surface area contributed by atoms with Crippen LogP contribution in [0.3, 0.4) is 0 Å². The molecule has 0 fully saturated rings. The number of hydrogen-bond acceptors (Lipinski definition) is 7. The van der Waals surface area contributed by atoms with Gasteiger partial charge in [0.15, 0.2) is 0 Å². The molecule has 0 aliphatic rings. The Bertz CT molecular complexity index is 918. The van der Waals surface area contributed by atoms with Gasteiger partial charge < -0.3 is 25.8 Å². The number of aliphatic carboxylic acids is 1. The zero-order valence-corrected chi connectivity index (χ0v) is 24.6. The van der Waals surface area contributed by atoms with E-state index in [4.69, 9.17) is 21.0 Å². The Morgan fingerprint density at radius 2 is 1.19 bits per heavy atom. The fraction of sp³-hybridized carbons (Fsp3) is 0.690. The Morgan fingerprint density at radius 1 is 0.738 bits per heavy atom. The van der Waals surface area contributed by atoms with Crippen LogP contribution in [0, 0.1) is 11.6 Å². The SMILES string of the molecule is NN[C@@H](CCCCNC(=O)CCCCCCCCCCCCCCCNC(=O)c1c(F)cc(B(O)O)cc1F)C(=O)O. The summed E-state index contributed by atoms with van der Waals surface area (Å²) in [5.74, 6) is 1.15. The summed E-state index contributed by atoms with van der Waals surface area (Å²) in [5, 5.41) is 32.3. The van der Waals surface area contributed by atoms with Crippen LogP contribution in [-0.2, 0) is 9.59 Å². The minimum Gasteiger partial charge on any atom is -0.480 e. The molecule has 42 heavy (non-hydrogen) atoms. The van der Waals surface area contributed by atoms with E-state index in [0.717, 1.165) is 63.5 Å². The highest BCUT2D eigenvalue weighted by molar-refractivity contribution is 6.58. The van der Waals surface area contributed by atoms with Gasteiger partial charge in [-0.25, -0.2) is 14.2 Å². The molecule has 0 aliphatic heterocycles. The maximum Gasteiger partial charge on any atom is 0.488 e. The number of hydrazine groups is 1. The van der Waals surface area contributed by atoms with E-state index in [9.17, 15) is 23.2 Å². The molecule has 10 nitrogen and oxygen atoms in total. The summed E-state index contributed by atoms with van der Waals surface area (Å²) in [6.07, 6.45) is 16.3. The third kappa shape index (κ3) is 16.7. The Kier molecular flexibility index (Phi) is 20.4. The molecule has 0 radical (unpaired) electrons. The molecule has 0 aliphatic carbocycles. The number of hydrogen-bond donors (Lipinski definition) is 7. The minimum absolute atomic E-state index is 0.0459. The van der Waals surface area contributed by atoms with Gasteiger partial charge in [0.05, 0.1) is 0 Å². The van der Waals surface area contributed by atoms with Crippen LogP contribution in [0.4, 0.5) is 8.78 Å². The highest BCUT2D eigenvalue weighted by atomic mass is 19.1. The maximum atomic E-state index is 14.0. The monoisotopic (exact) mass is 598 g/mol. The summed E-state index contributed by atoms with van der Waals surface area (Å²) in [7, 11) is -2.01. The van der Waals surface area contributed by atoms with Crippen molar-refractivity contribution in [1.82, 2.24) is 16.1 Å². The molecule has 238 valence electrons. The number of carboxylic acids is 1. The van der Waals surface area contributed by atoms with Gasteiger partial charge in [0.2, 0.25) is 5.91 Å². The van der Waals surface area contributed by atoms with Crippen LogP contribution >= 0.6 is 0 Å². The molecule has 1 rings (SSSR count). The molecule has 13 heteroatoms. The van der Waals surface area contributed by atoms with E-state index in [1.54, 1.807) is 0 Å².